The molecule has 0 bridgehead atoms. The molecule has 230 valence electrons. The van der Waals surface area contributed by atoms with Crippen molar-refractivity contribution in [2.75, 3.05) is 26.8 Å². The van der Waals surface area contributed by atoms with Crippen molar-refractivity contribution in [3.63, 3.8) is 0 Å². The lowest BCUT2D eigenvalue weighted by Gasteiger charge is -2.26. The van der Waals surface area contributed by atoms with Gasteiger partial charge in [0.05, 0.1) is 18.2 Å². The summed E-state index contributed by atoms with van der Waals surface area (Å²) in [4.78, 5) is 28.7. The van der Waals surface area contributed by atoms with E-state index in [2.05, 4.69) is 24.4 Å². The minimum Gasteiger partial charge on any atom is -0.456 e. The van der Waals surface area contributed by atoms with E-state index in [9.17, 15) is 18.4 Å². The molecule has 1 heterocycles. The van der Waals surface area contributed by atoms with Gasteiger partial charge in [-0.3, -0.25) is 4.79 Å². The summed E-state index contributed by atoms with van der Waals surface area (Å²) in [6.07, 6.45) is 1.94. The van der Waals surface area contributed by atoms with Crippen LogP contribution in [0.4, 0.5) is 8.78 Å². The highest BCUT2D eigenvalue weighted by Gasteiger charge is 2.30. The summed E-state index contributed by atoms with van der Waals surface area (Å²) in [5, 5.41) is 3.32. The smallest absolute Gasteiger partial charge is 0.338 e. The number of hydrogen-bond acceptors (Lipinski definition) is 6. The molecular formula is C34H41F2N3O4. The zero-order valence-electron chi connectivity index (χ0n) is 25.1. The maximum atomic E-state index is 13.9. The minimum absolute atomic E-state index is 0.00690. The van der Waals surface area contributed by atoms with Gasteiger partial charge in [0.2, 0.25) is 0 Å². The summed E-state index contributed by atoms with van der Waals surface area (Å²) < 4.78 is 39.0. The van der Waals surface area contributed by atoms with E-state index < -0.39 is 29.7 Å². The zero-order valence-corrected chi connectivity index (χ0v) is 25.1. The number of rotatable bonds is 13. The Morgan fingerprint density at radius 1 is 1.02 bits per heavy atom. The van der Waals surface area contributed by atoms with E-state index in [4.69, 9.17) is 15.2 Å². The first-order valence-electron chi connectivity index (χ1n) is 14.8. The number of halogens is 2. The van der Waals surface area contributed by atoms with Crippen LogP contribution in [0.3, 0.4) is 0 Å². The lowest BCUT2D eigenvalue weighted by molar-refractivity contribution is 0.0238. The van der Waals surface area contributed by atoms with E-state index in [0.29, 0.717) is 30.8 Å². The highest BCUT2D eigenvalue weighted by Crippen LogP contribution is 2.22. The molecule has 3 N–H and O–H groups in total. The van der Waals surface area contributed by atoms with Crippen molar-refractivity contribution in [3.05, 3.63) is 106 Å². The second kappa shape index (κ2) is 15.2. The lowest BCUT2D eigenvalue weighted by Crippen LogP contribution is -2.46. The summed E-state index contributed by atoms with van der Waals surface area (Å²) in [6, 6.07) is 15.6. The Morgan fingerprint density at radius 2 is 1.74 bits per heavy atom. The molecule has 1 saturated heterocycles. The standard InChI is InChI=1S/C34H41F2N3O4/c1-4-23-7-5-8-24(13-23)19-38-20-32(31(37)16-25-14-28(35)18-29(36)15-25)43-34(41)27-12-22(2)11-26(17-27)33(40)39-10-6-9-30(39)21-42-3/h5,7-8,11-15,17-18,30-32,38H,4,6,9-10,16,19-21,37H2,1-3H3/t30-,31?,32+/m0/s1. The normalized spacial score (nSPS) is 16.2. The predicted molar refractivity (Wildman–Crippen MR) is 162 cm³/mol. The van der Waals surface area contributed by atoms with E-state index >= 15 is 0 Å². The van der Waals surface area contributed by atoms with Crippen LogP contribution < -0.4 is 11.1 Å². The molecule has 0 aromatic heterocycles. The number of nitrogens with one attached hydrogen (secondary N) is 1. The first-order chi connectivity index (χ1) is 20.7. The number of methoxy groups -OCH3 is 1. The molecule has 3 atom stereocenters. The molecule has 1 aliphatic heterocycles. The quantitative estimate of drug-likeness (QED) is 0.272. The van der Waals surface area contributed by atoms with Crippen molar-refractivity contribution in [3.8, 4) is 0 Å². The molecule has 3 aromatic rings. The number of nitrogens with zero attached hydrogens (tertiary/aromatic N) is 1. The number of benzene rings is 3. The predicted octanol–water partition coefficient (Wildman–Crippen LogP) is 4.97. The third-order valence-electron chi connectivity index (χ3n) is 7.76. The fourth-order valence-electron chi connectivity index (χ4n) is 5.60. The Labute approximate surface area is 252 Å². The number of likely N-dealkylation sites (tertiary alicyclic amines) is 1. The van der Waals surface area contributed by atoms with Crippen LogP contribution in [0.1, 0.15) is 62.7 Å². The van der Waals surface area contributed by atoms with Gasteiger partial charge in [-0.15, -0.1) is 0 Å². The van der Waals surface area contributed by atoms with E-state index in [1.807, 2.05) is 19.1 Å². The van der Waals surface area contributed by atoms with Gasteiger partial charge in [0.1, 0.15) is 17.7 Å². The van der Waals surface area contributed by atoms with Crippen LogP contribution in [-0.4, -0.2) is 61.8 Å². The summed E-state index contributed by atoms with van der Waals surface area (Å²) in [7, 11) is 1.62. The molecule has 1 amide bonds. The summed E-state index contributed by atoms with van der Waals surface area (Å²) in [5.74, 6) is -2.19. The highest BCUT2D eigenvalue weighted by atomic mass is 19.1. The Balaban J connectivity index is 1.51. The van der Waals surface area contributed by atoms with Gasteiger partial charge >= 0.3 is 5.97 Å². The average molecular weight is 594 g/mol. The van der Waals surface area contributed by atoms with Gasteiger partial charge in [0.15, 0.2) is 0 Å². The van der Waals surface area contributed by atoms with Crippen molar-refractivity contribution in [2.45, 2.75) is 64.3 Å². The van der Waals surface area contributed by atoms with E-state index in [1.54, 1.807) is 30.2 Å². The lowest BCUT2D eigenvalue weighted by atomic mass is 10.0. The van der Waals surface area contributed by atoms with Gasteiger partial charge in [-0.25, -0.2) is 13.6 Å². The zero-order chi connectivity index (χ0) is 30.9. The molecule has 3 aromatic carbocycles. The van der Waals surface area contributed by atoms with Gasteiger partial charge in [-0.05, 0) is 85.2 Å². The van der Waals surface area contributed by atoms with Crippen LogP contribution >= 0.6 is 0 Å². The monoisotopic (exact) mass is 593 g/mol. The van der Waals surface area contributed by atoms with Crippen LogP contribution in [0, 0.1) is 18.6 Å². The fourth-order valence-corrected chi connectivity index (χ4v) is 5.60. The molecule has 0 radical (unpaired) electrons. The molecule has 1 aliphatic rings. The van der Waals surface area contributed by atoms with Crippen molar-refractivity contribution in [1.29, 1.82) is 0 Å². The van der Waals surface area contributed by atoms with Crippen LogP contribution in [-0.2, 0) is 28.9 Å². The summed E-state index contributed by atoms with van der Waals surface area (Å²) in [5.41, 5.74) is 10.5. The molecule has 0 aliphatic carbocycles. The molecule has 43 heavy (non-hydrogen) atoms. The van der Waals surface area contributed by atoms with Gasteiger partial charge in [0.25, 0.3) is 5.91 Å². The molecule has 0 saturated carbocycles. The largest absolute Gasteiger partial charge is 0.456 e. The van der Waals surface area contributed by atoms with Crippen LogP contribution in [0.5, 0.6) is 0 Å². The SMILES string of the molecule is CCc1cccc(CNC[C@@H](OC(=O)c2cc(C)cc(C(=O)N3CCC[C@H]3COC)c2)C(N)Cc2cc(F)cc(F)c2)c1. The fraction of sp³-hybridized carbons (Fsp3) is 0.412. The molecule has 1 unspecified atom stereocenters. The second-order valence-electron chi connectivity index (χ2n) is 11.2. The number of aryl methyl sites for hydroxylation is 2. The molecular weight excluding hydrogens is 552 g/mol. The number of ether oxygens (including phenoxy) is 2. The third-order valence-corrected chi connectivity index (χ3v) is 7.76. The number of nitrogens with two attached hydrogens (primary N) is 1. The molecule has 4 rings (SSSR count). The highest BCUT2D eigenvalue weighted by molar-refractivity contribution is 5.98. The Morgan fingerprint density at radius 3 is 2.47 bits per heavy atom. The van der Waals surface area contributed by atoms with Crippen molar-refractivity contribution in [2.24, 2.45) is 5.73 Å². The Hall–Kier alpha value is -3.66. The number of carbonyl (C=O) groups is 2. The first kappa shape index (κ1) is 32.3. The van der Waals surface area contributed by atoms with Crippen LogP contribution in [0.15, 0.2) is 60.7 Å². The molecule has 7 nitrogen and oxygen atoms in total. The van der Waals surface area contributed by atoms with Gasteiger partial charge < -0.3 is 25.4 Å². The molecule has 9 heteroatoms. The summed E-state index contributed by atoms with van der Waals surface area (Å²) >= 11 is 0. The number of amides is 1. The van der Waals surface area contributed by atoms with Crippen LogP contribution in [0.2, 0.25) is 0 Å². The minimum atomic E-state index is -0.822. The number of carbonyl (C=O) groups excluding carboxylic acids is 2. The average Bonchev–Trinajstić information content (AvgIpc) is 3.43. The number of hydrogen-bond donors (Lipinski definition) is 2. The van der Waals surface area contributed by atoms with Gasteiger partial charge in [-0.2, -0.15) is 0 Å². The van der Waals surface area contributed by atoms with E-state index in [-0.39, 0.29) is 30.5 Å². The first-order valence-corrected chi connectivity index (χ1v) is 14.8. The van der Waals surface area contributed by atoms with E-state index in [1.165, 1.54) is 17.7 Å². The Bertz CT molecular complexity index is 1400. The number of esters is 1. The van der Waals surface area contributed by atoms with Gasteiger partial charge in [0, 0.05) is 44.4 Å². The van der Waals surface area contributed by atoms with Gasteiger partial charge in [-0.1, -0.05) is 31.2 Å². The van der Waals surface area contributed by atoms with Crippen LogP contribution in [0.25, 0.3) is 0 Å². The second-order valence-corrected chi connectivity index (χ2v) is 11.2. The Kier molecular flexibility index (Phi) is 11.4. The maximum Gasteiger partial charge on any atom is 0.338 e. The maximum absolute atomic E-state index is 13.9. The van der Waals surface area contributed by atoms with E-state index in [0.717, 1.165) is 36.5 Å². The molecule has 0 spiro atoms. The van der Waals surface area contributed by atoms with Crippen molar-refractivity contribution in [1.82, 2.24) is 10.2 Å². The van der Waals surface area contributed by atoms with Crippen molar-refractivity contribution < 1.29 is 27.8 Å². The third kappa shape index (κ3) is 8.92. The molecule has 1 fully saturated rings. The summed E-state index contributed by atoms with van der Waals surface area (Å²) in [6.45, 7) is 5.72. The topological polar surface area (TPSA) is 93.9 Å². The van der Waals surface area contributed by atoms with Crippen molar-refractivity contribution >= 4 is 11.9 Å².